The van der Waals surface area contributed by atoms with E-state index in [0.29, 0.717) is 37.7 Å². The van der Waals surface area contributed by atoms with Crippen molar-refractivity contribution in [3.8, 4) is 5.69 Å². The molecule has 2 aliphatic carbocycles. The van der Waals surface area contributed by atoms with Crippen LogP contribution in [0.5, 0.6) is 0 Å². The summed E-state index contributed by atoms with van der Waals surface area (Å²) in [6.07, 6.45) is 12.3. The zero-order valence-electron chi connectivity index (χ0n) is 29.7. The van der Waals surface area contributed by atoms with Crippen molar-refractivity contribution in [2.24, 2.45) is 5.92 Å². The number of hydrogen-bond donors (Lipinski definition) is 4. The van der Waals surface area contributed by atoms with Gasteiger partial charge in [-0.25, -0.2) is 18.2 Å². The van der Waals surface area contributed by atoms with Crippen molar-refractivity contribution < 1.29 is 37.1 Å². The summed E-state index contributed by atoms with van der Waals surface area (Å²) < 4.78 is 35.0. The Hall–Kier alpha value is -4.73. The van der Waals surface area contributed by atoms with Gasteiger partial charge < -0.3 is 30.2 Å². The molecule has 16 heteroatoms. The van der Waals surface area contributed by atoms with E-state index in [2.05, 4.69) is 25.7 Å². The monoisotopic (exact) mass is 737 g/mol. The van der Waals surface area contributed by atoms with Crippen LogP contribution in [0, 0.1) is 5.92 Å². The van der Waals surface area contributed by atoms with Gasteiger partial charge in [-0.15, -0.1) is 0 Å². The Bertz CT molecular complexity index is 1820. The SMILES string of the molecule is CC(C)(C)OC(=O)N[C@H]1CCCCC/C=C\[C@@H]2C[C@@]2(C(=O)NS(=O)(=O)C2CC2)NC(=O)[C@@H]2C[C@@H](NC(=O)c3ccc(-n4ccnc4)cc3)CN2C1=O. The number of nitrogens with one attached hydrogen (secondary N) is 4. The maximum atomic E-state index is 14.3. The summed E-state index contributed by atoms with van der Waals surface area (Å²) in [5, 5.41) is 7.85. The van der Waals surface area contributed by atoms with Gasteiger partial charge in [0.1, 0.15) is 23.2 Å². The first-order chi connectivity index (χ1) is 24.6. The van der Waals surface area contributed by atoms with Gasteiger partial charge in [0.15, 0.2) is 0 Å². The van der Waals surface area contributed by atoms with Crippen LogP contribution in [-0.4, -0.2) is 93.7 Å². The van der Waals surface area contributed by atoms with Gasteiger partial charge in [-0.2, -0.15) is 0 Å². The molecule has 52 heavy (non-hydrogen) atoms. The van der Waals surface area contributed by atoms with Crippen LogP contribution < -0.4 is 20.7 Å². The number of sulfonamides is 1. The second-order valence-corrected chi connectivity index (χ2v) is 17.1. The number of fused-ring (bicyclic) bond motifs is 2. The fraction of sp³-hybridized carbons (Fsp3) is 0.556. The number of hydrogen-bond acceptors (Lipinski definition) is 9. The number of aromatic nitrogens is 2. The highest BCUT2D eigenvalue weighted by Crippen LogP contribution is 2.46. The molecule has 2 aromatic rings. The maximum Gasteiger partial charge on any atom is 0.408 e. The molecule has 0 bridgehead atoms. The van der Waals surface area contributed by atoms with Crippen molar-refractivity contribution in [3.63, 3.8) is 0 Å². The predicted molar refractivity (Wildman–Crippen MR) is 189 cm³/mol. The Balaban J connectivity index is 1.25. The Morgan fingerprint density at radius 2 is 1.77 bits per heavy atom. The Labute approximate surface area is 303 Å². The average Bonchev–Trinajstić information content (AvgIpc) is 3.94. The number of carbonyl (C=O) groups excluding carboxylic acids is 5. The number of imidazole rings is 1. The second-order valence-electron chi connectivity index (χ2n) is 15.1. The van der Waals surface area contributed by atoms with Crippen molar-refractivity contribution in [2.45, 2.75) is 113 Å². The summed E-state index contributed by atoms with van der Waals surface area (Å²) in [5.41, 5.74) is -1.15. The molecule has 5 amide bonds. The lowest BCUT2D eigenvalue weighted by atomic mass is 10.0. The number of carbonyl (C=O) groups is 5. The molecule has 5 atom stereocenters. The van der Waals surface area contributed by atoms with E-state index in [-0.39, 0.29) is 19.4 Å². The fourth-order valence-electron chi connectivity index (χ4n) is 6.82. The molecule has 2 aliphatic heterocycles. The first-order valence-electron chi connectivity index (χ1n) is 17.9. The molecule has 1 saturated heterocycles. The summed E-state index contributed by atoms with van der Waals surface area (Å²) in [7, 11) is -3.90. The van der Waals surface area contributed by atoms with Crippen LogP contribution in [0.4, 0.5) is 4.79 Å². The van der Waals surface area contributed by atoms with E-state index >= 15 is 0 Å². The molecule has 1 aromatic carbocycles. The van der Waals surface area contributed by atoms with Gasteiger partial charge in [0.25, 0.3) is 11.8 Å². The zero-order chi connectivity index (χ0) is 37.3. The molecule has 15 nitrogen and oxygen atoms in total. The lowest BCUT2D eigenvalue weighted by Crippen LogP contribution is -2.58. The van der Waals surface area contributed by atoms with Gasteiger partial charge in [0, 0.05) is 42.1 Å². The molecule has 2 saturated carbocycles. The molecular formula is C36H47N7O8S. The molecule has 4 N–H and O–H groups in total. The third kappa shape index (κ3) is 8.65. The van der Waals surface area contributed by atoms with Crippen molar-refractivity contribution >= 4 is 39.7 Å². The standard InChI is InChI=1S/C36H47N7O8S/c1-35(2,3)51-34(48)39-28-10-8-6-4-5-7-9-24-20-36(24,33(47)41-52(49,50)27-15-16-27)40-31(45)29-19-25(21-43(29)32(28)46)38-30(44)23-11-13-26(14-12-23)42-18-17-37-22-42/h7,9,11-14,17-18,22,24-25,27-29H,4-6,8,10,15-16,19-21H2,1-3H3,(H,38,44)(H,39,48)(H,40,45)(H,41,47)/b9-7-/t24-,25-,28+,29+,36-/m1/s1. The highest BCUT2D eigenvalue weighted by atomic mass is 32.2. The number of allylic oxidation sites excluding steroid dienone is 1. The molecule has 6 rings (SSSR count). The lowest BCUT2D eigenvalue weighted by molar-refractivity contribution is -0.141. The van der Waals surface area contributed by atoms with Crippen molar-refractivity contribution in [2.75, 3.05) is 6.54 Å². The summed E-state index contributed by atoms with van der Waals surface area (Å²) in [4.78, 5) is 73.9. The lowest BCUT2D eigenvalue weighted by Gasteiger charge is -2.30. The molecule has 0 unspecified atom stereocenters. The number of ether oxygens (including phenoxy) is 1. The number of amides is 5. The minimum atomic E-state index is -3.90. The Morgan fingerprint density at radius 3 is 2.44 bits per heavy atom. The van der Waals surface area contributed by atoms with E-state index < -0.39 is 80.2 Å². The van der Waals surface area contributed by atoms with Crippen LogP contribution in [0.25, 0.3) is 5.69 Å². The minimum absolute atomic E-state index is 0.0220. The van der Waals surface area contributed by atoms with Gasteiger partial charge >= 0.3 is 6.09 Å². The normalized spacial score (nSPS) is 27.5. The fourth-order valence-corrected chi connectivity index (χ4v) is 8.18. The van der Waals surface area contributed by atoms with Gasteiger partial charge in [0.05, 0.1) is 11.6 Å². The number of alkyl carbamates (subject to hydrolysis) is 1. The molecule has 0 spiro atoms. The summed E-state index contributed by atoms with van der Waals surface area (Å²) in [5.74, 6) is -2.84. The van der Waals surface area contributed by atoms with E-state index in [9.17, 15) is 32.4 Å². The van der Waals surface area contributed by atoms with Crippen LogP contribution in [-0.2, 0) is 29.1 Å². The van der Waals surface area contributed by atoms with E-state index in [1.165, 1.54) is 4.90 Å². The van der Waals surface area contributed by atoms with Crippen LogP contribution in [0.2, 0.25) is 0 Å². The number of rotatable bonds is 7. The average molecular weight is 738 g/mol. The van der Waals surface area contributed by atoms with E-state index in [1.807, 2.05) is 12.2 Å². The van der Waals surface area contributed by atoms with E-state index in [4.69, 9.17) is 4.74 Å². The van der Waals surface area contributed by atoms with Crippen molar-refractivity contribution in [3.05, 3.63) is 60.7 Å². The smallest absolute Gasteiger partial charge is 0.408 e. The van der Waals surface area contributed by atoms with Crippen LogP contribution in [0.3, 0.4) is 0 Å². The van der Waals surface area contributed by atoms with Crippen LogP contribution >= 0.6 is 0 Å². The van der Waals surface area contributed by atoms with Crippen LogP contribution in [0.1, 0.15) is 88.9 Å². The molecule has 0 radical (unpaired) electrons. The summed E-state index contributed by atoms with van der Waals surface area (Å²) in [6, 6.07) is 4.06. The summed E-state index contributed by atoms with van der Waals surface area (Å²) in [6.45, 7) is 5.10. The third-order valence-corrected chi connectivity index (χ3v) is 11.7. The molecular weight excluding hydrogens is 691 g/mol. The van der Waals surface area contributed by atoms with Gasteiger partial charge in [-0.3, -0.25) is 23.9 Å². The molecule has 3 fully saturated rings. The topological polar surface area (TPSA) is 198 Å². The number of benzene rings is 1. The highest BCUT2D eigenvalue weighted by Gasteiger charge is 2.62. The second kappa shape index (κ2) is 14.7. The Kier molecular flexibility index (Phi) is 10.5. The maximum absolute atomic E-state index is 14.3. The van der Waals surface area contributed by atoms with Gasteiger partial charge in [-0.1, -0.05) is 25.0 Å². The first kappa shape index (κ1) is 37.0. The predicted octanol–water partition coefficient (Wildman–Crippen LogP) is 2.47. The molecule has 280 valence electrons. The third-order valence-electron chi connectivity index (χ3n) is 9.84. The number of nitrogens with zero attached hydrogens (tertiary/aromatic N) is 3. The van der Waals surface area contributed by atoms with Crippen molar-refractivity contribution in [1.82, 2.24) is 35.1 Å². The molecule has 4 aliphatic rings. The van der Waals surface area contributed by atoms with Crippen LogP contribution in [0.15, 0.2) is 55.1 Å². The largest absolute Gasteiger partial charge is 0.444 e. The summed E-state index contributed by atoms with van der Waals surface area (Å²) >= 11 is 0. The van der Waals surface area contributed by atoms with Crippen molar-refractivity contribution in [1.29, 1.82) is 0 Å². The Morgan fingerprint density at radius 1 is 1.02 bits per heavy atom. The first-order valence-corrected chi connectivity index (χ1v) is 19.4. The molecule has 1 aromatic heterocycles. The van der Waals surface area contributed by atoms with E-state index in [1.54, 1.807) is 68.3 Å². The highest BCUT2D eigenvalue weighted by molar-refractivity contribution is 7.91. The minimum Gasteiger partial charge on any atom is -0.444 e. The van der Waals surface area contributed by atoms with E-state index in [0.717, 1.165) is 18.5 Å². The van der Waals surface area contributed by atoms with Gasteiger partial charge in [0.2, 0.25) is 21.8 Å². The quantitative estimate of drug-likeness (QED) is 0.309. The zero-order valence-corrected chi connectivity index (χ0v) is 30.5. The molecule has 3 heterocycles. The van der Waals surface area contributed by atoms with Gasteiger partial charge in [-0.05, 0) is 90.0 Å².